The molecular weight excluding hydrogens is 643 g/mol. The molecule has 0 saturated carbocycles. The number of benzene rings is 9. The molecular formula is C51H35NO. The molecule has 0 aliphatic carbocycles. The van der Waals surface area contributed by atoms with E-state index in [4.69, 9.17) is 4.42 Å². The summed E-state index contributed by atoms with van der Waals surface area (Å²) in [5, 5.41) is 7.41. The first-order valence-electron chi connectivity index (χ1n) is 18.2. The molecule has 2 heteroatoms. The number of rotatable bonds is 6. The van der Waals surface area contributed by atoms with E-state index >= 15 is 0 Å². The maximum absolute atomic E-state index is 6.47. The summed E-state index contributed by atoms with van der Waals surface area (Å²) in [6, 6.07) is 69.7. The van der Waals surface area contributed by atoms with Crippen molar-refractivity contribution in [1.29, 1.82) is 0 Å². The van der Waals surface area contributed by atoms with Crippen LogP contribution in [-0.4, -0.2) is 0 Å². The van der Waals surface area contributed by atoms with Crippen molar-refractivity contribution in [2.24, 2.45) is 0 Å². The van der Waals surface area contributed by atoms with Crippen molar-refractivity contribution in [2.45, 2.75) is 6.92 Å². The zero-order chi connectivity index (χ0) is 35.3. The molecule has 10 aromatic rings. The van der Waals surface area contributed by atoms with Crippen LogP contribution >= 0.6 is 0 Å². The Morgan fingerprint density at radius 2 is 0.887 bits per heavy atom. The zero-order valence-electron chi connectivity index (χ0n) is 29.3. The summed E-state index contributed by atoms with van der Waals surface area (Å²) >= 11 is 0. The fourth-order valence-corrected chi connectivity index (χ4v) is 7.98. The van der Waals surface area contributed by atoms with Crippen LogP contribution in [0, 0.1) is 6.92 Å². The molecule has 250 valence electrons. The standard InChI is InChI=1S/C51H35NO/c1-34-19-32-44(51-50(34)47-17-9-10-18-49(47)53-51)37-22-28-41(29-23-37)52(40-26-20-36(21-27-40)35-11-3-2-4-12-35)42-30-24-38(25-31-42)48-33-39-13-5-6-14-43(39)45-15-7-8-16-46(45)48/h2-33H,1H3. The van der Waals surface area contributed by atoms with Gasteiger partial charge >= 0.3 is 0 Å². The highest BCUT2D eigenvalue weighted by atomic mass is 16.3. The first-order chi connectivity index (χ1) is 26.2. The largest absolute Gasteiger partial charge is 0.455 e. The number of furan rings is 1. The van der Waals surface area contributed by atoms with E-state index in [2.05, 4.69) is 200 Å². The molecule has 2 nitrogen and oxygen atoms in total. The number of para-hydroxylation sites is 1. The van der Waals surface area contributed by atoms with Crippen LogP contribution < -0.4 is 4.90 Å². The van der Waals surface area contributed by atoms with Gasteiger partial charge in [0.2, 0.25) is 0 Å². The monoisotopic (exact) mass is 677 g/mol. The molecule has 0 aliphatic rings. The van der Waals surface area contributed by atoms with Gasteiger partial charge in [-0.2, -0.15) is 0 Å². The van der Waals surface area contributed by atoms with Crippen LogP contribution in [-0.2, 0) is 0 Å². The number of nitrogens with zero attached hydrogens (tertiary/aromatic N) is 1. The van der Waals surface area contributed by atoms with Gasteiger partial charge in [-0.15, -0.1) is 0 Å². The highest BCUT2D eigenvalue weighted by Crippen LogP contribution is 2.42. The lowest BCUT2D eigenvalue weighted by Gasteiger charge is -2.26. The van der Waals surface area contributed by atoms with E-state index in [1.165, 1.54) is 54.7 Å². The van der Waals surface area contributed by atoms with Crippen LogP contribution in [0.5, 0.6) is 0 Å². The minimum absolute atomic E-state index is 0.917. The van der Waals surface area contributed by atoms with E-state index in [1.54, 1.807) is 0 Å². The molecule has 0 aliphatic heterocycles. The van der Waals surface area contributed by atoms with Crippen LogP contribution in [0.1, 0.15) is 5.56 Å². The predicted molar refractivity (Wildman–Crippen MR) is 224 cm³/mol. The molecule has 0 spiro atoms. The predicted octanol–water partition coefficient (Wildman–Crippen LogP) is 14.7. The summed E-state index contributed by atoms with van der Waals surface area (Å²) in [7, 11) is 0. The zero-order valence-corrected chi connectivity index (χ0v) is 29.3. The molecule has 0 N–H and O–H groups in total. The topological polar surface area (TPSA) is 16.4 Å². The molecule has 53 heavy (non-hydrogen) atoms. The smallest absolute Gasteiger partial charge is 0.143 e. The van der Waals surface area contributed by atoms with E-state index in [9.17, 15) is 0 Å². The molecule has 0 bridgehead atoms. The molecule has 0 saturated heterocycles. The Bertz CT molecular complexity index is 2920. The third-order valence-corrected chi connectivity index (χ3v) is 10.6. The lowest BCUT2D eigenvalue weighted by atomic mass is 9.93. The van der Waals surface area contributed by atoms with Gasteiger partial charge in [-0.25, -0.2) is 0 Å². The lowest BCUT2D eigenvalue weighted by molar-refractivity contribution is 0.670. The Balaban J connectivity index is 1.07. The summed E-state index contributed by atoms with van der Waals surface area (Å²) in [5.74, 6) is 0. The number of aryl methyl sites for hydroxylation is 1. The van der Waals surface area contributed by atoms with Gasteiger partial charge in [-0.05, 0) is 110 Å². The summed E-state index contributed by atoms with van der Waals surface area (Å²) in [4.78, 5) is 2.34. The van der Waals surface area contributed by atoms with Gasteiger partial charge in [0, 0.05) is 33.4 Å². The second-order valence-electron chi connectivity index (χ2n) is 13.8. The van der Waals surface area contributed by atoms with Crippen molar-refractivity contribution in [3.05, 3.63) is 200 Å². The van der Waals surface area contributed by atoms with Crippen molar-refractivity contribution in [1.82, 2.24) is 0 Å². The molecule has 0 atom stereocenters. The van der Waals surface area contributed by atoms with Crippen molar-refractivity contribution in [3.8, 4) is 33.4 Å². The quantitative estimate of drug-likeness (QED) is 0.163. The van der Waals surface area contributed by atoms with Crippen molar-refractivity contribution < 1.29 is 4.42 Å². The molecule has 0 fully saturated rings. The fraction of sp³-hybridized carbons (Fsp3) is 0.0196. The van der Waals surface area contributed by atoms with Gasteiger partial charge in [0.1, 0.15) is 11.2 Å². The normalized spacial score (nSPS) is 11.5. The van der Waals surface area contributed by atoms with Crippen LogP contribution in [0.2, 0.25) is 0 Å². The molecule has 0 radical (unpaired) electrons. The maximum atomic E-state index is 6.47. The van der Waals surface area contributed by atoms with Gasteiger partial charge in [0.05, 0.1) is 0 Å². The lowest BCUT2D eigenvalue weighted by Crippen LogP contribution is -2.09. The Morgan fingerprint density at radius 1 is 0.377 bits per heavy atom. The fourth-order valence-electron chi connectivity index (χ4n) is 7.98. The van der Waals surface area contributed by atoms with E-state index in [1.807, 2.05) is 6.07 Å². The second kappa shape index (κ2) is 12.7. The molecule has 0 amide bonds. The highest BCUT2D eigenvalue weighted by molar-refractivity contribution is 6.14. The van der Waals surface area contributed by atoms with E-state index in [-0.39, 0.29) is 0 Å². The Hall–Kier alpha value is -6.90. The third kappa shape index (κ3) is 5.35. The van der Waals surface area contributed by atoms with Gasteiger partial charge < -0.3 is 9.32 Å². The Kier molecular flexibility index (Phi) is 7.40. The van der Waals surface area contributed by atoms with Gasteiger partial charge in [0.15, 0.2) is 0 Å². The molecule has 1 heterocycles. The molecule has 0 unspecified atom stereocenters. The third-order valence-electron chi connectivity index (χ3n) is 10.6. The summed E-state index contributed by atoms with van der Waals surface area (Å²) in [6.07, 6.45) is 0. The number of fused-ring (bicyclic) bond motifs is 6. The van der Waals surface area contributed by atoms with E-state index in [0.717, 1.165) is 44.7 Å². The van der Waals surface area contributed by atoms with Crippen LogP contribution in [0.25, 0.3) is 76.9 Å². The van der Waals surface area contributed by atoms with Gasteiger partial charge in [-0.3, -0.25) is 0 Å². The summed E-state index contributed by atoms with van der Waals surface area (Å²) < 4.78 is 6.47. The second-order valence-corrected chi connectivity index (χ2v) is 13.8. The Morgan fingerprint density at radius 3 is 1.57 bits per heavy atom. The van der Waals surface area contributed by atoms with Crippen molar-refractivity contribution in [3.63, 3.8) is 0 Å². The van der Waals surface area contributed by atoms with E-state index < -0.39 is 0 Å². The molecule has 10 rings (SSSR count). The average Bonchev–Trinajstić information content (AvgIpc) is 3.63. The average molecular weight is 678 g/mol. The summed E-state index contributed by atoms with van der Waals surface area (Å²) in [5.41, 5.74) is 13.4. The minimum atomic E-state index is 0.917. The van der Waals surface area contributed by atoms with Crippen molar-refractivity contribution >= 4 is 60.5 Å². The number of anilines is 3. The molecule has 1 aromatic heterocycles. The van der Waals surface area contributed by atoms with Crippen molar-refractivity contribution in [2.75, 3.05) is 4.90 Å². The SMILES string of the molecule is Cc1ccc(-c2ccc(N(c3ccc(-c4ccccc4)cc3)c3ccc(-c4cc5ccccc5c5ccccc45)cc3)cc2)c2oc3ccccc3c12. The first kappa shape index (κ1) is 30.9. The van der Waals surface area contributed by atoms with Gasteiger partial charge in [0.25, 0.3) is 0 Å². The maximum Gasteiger partial charge on any atom is 0.143 e. The number of hydrogen-bond donors (Lipinski definition) is 0. The van der Waals surface area contributed by atoms with Crippen LogP contribution in [0.4, 0.5) is 17.1 Å². The van der Waals surface area contributed by atoms with Crippen LogP contribution in [0.3, 0.4) is 0 Å². The van der Waals surface area contributed by atoms with E-state index in [0.29, 0.717) is 0 Å². The van der Waals surface area contributed by atoms with Gasteiger partial charge in [-0.1, -0.05) is 146 Å². The Labute approximate surface area is 308 Å². The highest BCUT2D eigenvalue weighted by Gasteiger charge is 2.17. The first-order valence-corrected chi connectivity index (χ1v) is 18.2. The number of hydrogen-bond acceptors (Lipinski definition) is 2. The van der Waals surface area contributed by atoms with Crippen LogP contribution in [0.15, 0.2) is 199 Å². The minimum Gasteiger partial charge on any atom is -0.455 e. The molecule has 9 aromatic carbocycles. The summed E-state index contributed by atoms with van der Waals surface area (Å²) in [6.45, 7) is 2.16.